The first-order chi connectivity index (χ1) is 29.7. The van der Waals surface area contributed by atoms with Crippen molar-refractivity contribution >= 4 is 30.3 Å². The van der Waals surface area contributed by atoms with Crippen LogP contribution in [0.3, 0.4) is 0 Å². The van der Waals surface area contributed by atoms with Crippen molar-refractivity contribution < 1.29 is 51.2 Å². The fourth-order valence-corrected chi connectivity index (χ4v) is 10.5. The van der Waals surface area contributed by atoms with E-state index in [4.69, 9.17) is 25.0 Å². The molecule has 4 N–H and O–H groups in total. The largest absolute Gasteiger partial charge is 0.507 e. The minimum absolute atomic E-state index is 0. The normalized spacial score (nSPS) is 20.5. The Morgan fingerprint density at radius 1 is 0.651 bits per heavy atom. The Hall–Kier alpha value is -3.90. The number of phenols is 2. The van der Waals surface area contributed by atoms with Crippen LogP contribution in [0.2, 0.25) is 0 Å². The summed E-state index contributed by atoms with van der Waals surface area (Å²) in [6.45, 7) is 13.7. The van der Waals surface area contributed by atoms with Crippen molar-refractivity contribution in [2.75, 3.05) is 52.4 Å². The van der Waals surface area contributed by atoms with Gasteiger partial charge in [0.15, 0.2) is 0 Å². The van der Waals surface area contributed by atoms with Crippen LogP contribution in [-0.2, 0) is 29.6 Å². The Bertz CT molecular complexity index is 1890. The summed E-state index contributed by atoms with van der Waals surface area (Å²) in [6.07, 6.45) is 27.2. The molecule has 1 radical (unpaired) electrons. The predicted octanol–water partition coefficient (Wildman–Crippen LogP) is 9.84. The van der Waals surface area contributed by atoms with Crippen molar-refractivity contribution in [1.29, 1.82) is 0 Å². The van der Waals surface area contributed by atoms with E-state index in [1.165, 1.54) is 135 Å². The number of aromatic hydroxyl groups is 2. The van der Waals surface area contributed by atoms with Crippen molar-refractivity contribution in [3.63, 3.8) is 0 Å². The van der Waals surface area contributed by atoms with E-state index in [1.54, 1.807) is 11.7 Å². The third-order valence-electron chi connectivity index (χ3n) is 13.6. The van der Waals surface area contributed by atoms with E-state index in [2.05, 4.69) is 38.0 Å². The molecule has 63 heavy (non-hydrogen) atoms. The van der Waals surface area contributed by atoms with E-state index in [1.807, 2.05) is 31.5 Å². The van der Waals surface area contributed by atoms with Gasteiger partial charge in [-0.1, -0.05) is 32.4 Å². The zero-order chi connectivity index (χ0) is 43.0. The number of hydrogen-bond acceptors (Lipinski definition) is 7. The topological polar surface area (TPSA) is 135 Å². The predicted molar refractivity (Wildman–Crippen MR) is 254 cm³/mol. The molecule has 7 rings (SSSR count). The second-order valence-corrected chi connectivity index (χ2v) is 18.3. The van der Waals surface area contributed by atoms with E-state index < -0.39 is 6.16 Å². The molecule has 0 saturated heterocycles. The van der Waals surface area contributed by atoms with Crippen LogP contribution < -0.4 is 0 Å². The maximum absolute atomic E-state index is 11.8. The van der Waals surface area contributed by atoms with Crippen molar-refractivity contribution in [2.24, 2.45) is 9.98 Å². The summed E-state index contributed by atoms with van der Waals surface area (Å²) in [5, 5.41) is 36.4. The van der Waals surface area contributed by atoms with Crippen LogP contribution in [-0.4, -0.2) is 134 Å². The van der Waals surface area contributed by atoms with Gasteiger partial charge in [-0.05, 0) is 145 Å². The van der Waals surface area contributed by atoms with Crippen molar-refractivity contribution in [3.05, 3.63) is 57.6 Å². The fraction of sp³-hybridized carbons (Fsp3) is 0.667. The summed E-state index contributed by atoms with van der Waals surface area (Å²) >= 11 is 0. The van der Waals surface area contributed by atoms with Crippen LogP contribution in [0.1, 0.15) is 163 Å². The van der Waals surface area contributed by atoms with Gasteiger partial charge >= 0.3 is 6.16 Å². The van der Waals surface area contributed by atoms with Gasteiger partial charge in [0, 0.05) is 66.0 Å². The Labute approximate surface area is 389 Å². The molecule has 4 heterocycles. The molecule has 1 aliphatic carbocycles. The SMILES string of the molecule is C.Cc1cc(C)c(O)c(C=NC2CCCCC2N=Cc2cc(CCCCCN3CCC[N+]4=C3CCCCC4)cc(CCCCN3CCC[N+]4=C3CCCCC4)c2O)c1.O=C(O)O.[Co]. The fourth-order valence-electron chi connectivity index (χ4n) is 10.5. The van der Waals surface area contributed by atoms with Crippen molar-refractivity contribution in [1.82, 2.24) is 9.80 Å². The molecule has 4 aliphatic heterocycles. The van der Waals surface area contributed by atoms with Gasteiger partial charge in [0.25, 0.3) is 0 Å². The van der Waals surface area contributed by atoms with Gasteiger partial charge in [0.05, 0.1) is 64.4 Å². The Kier molecular flexibility index (Phi) is 22.0. The Balaban J connectivity index is 0.00000139. The van der Waals surface area contributed by atoms with Crippen LogP contribution in [0.15, 0.2) is 34.3 Å². The molecule has 2 aromatic rings. The number of nitrogens with zero attached hydrogens (tertiary/aromatic N) is 6. The second kappa shape index (κ2) is 26.8. The second-order valence-electron chi connectivity index (χ2n) is 18.3. The summed E-state index contributed by atoms with van der Waals surface area (Å²) in [6, 6.07) is 8.67. The summed E-state index contributed by atoms with van der Waals surface area (Å²) in [5.74, 6) is 3.96. The van der Waals surface area contributed by atoms with Gasteiger partial charge in [0.1, 0.15) is 11.5 Å². The summed E-state index contributed by atoms with van der Waals surface area (Å²) < 4.78 is 5.36. The van der Waals surface area contributed by atoms with E-state index in [-0.39, 0.29) is 36.3 Å². The average Bonchev–Trinajstić information content (AvgIpc) is 3.65. The number of hydrogen-bond donors (Lipinski definition) is 4. The van der Waals surface area contributed by atoms with E-state index in [0.29, 0.717) is 11.5 Å². The molecule has 0 spiro atoms. The molecule has 0 aromatic heterocycles. The third kappa shape index (κ3) is 15.6. The molecule has 11 nitrogen and oxygen atoms in total. The molecule has 1 fully saturated rings. The van der Waals surface area contributed by atoms with Gasteiger partial charge in [-0.15, -0.1) is 0 Å². The van der Waals surface area contributed by atoms with Crippen LogP contribution >= 0.6 is 0 Å². The summed E-state index contributed by atoms with van der Waals surface area (Å²) in [5.41, 5.74) is 6.06. The number of rotatable bonds is 15. The maximum Gasteiger partial charge on any atom is 0.503 e. The summed E-state index contributed by atoms with van der Waals surface area (Å²) in [4.78, 5) is 24.1. The minimum atomic E-state index is -1.83. The number of carboxylic acid groups (broad SMARTS) is 2. The number of aliphatic imine (C=N–C) groups is 2. The Morgan fingerprint density at radius 2 is 1.16 bits per heavy atom. The van der Waals surface area contributed by atoms with Gasteiger partial charge in [-0.25, -0.2) is 4.79 Å². The minimum Gasteiger partial charge on any atom is -0.507 e. The van der Waals surface area contributed by atoms with Crippen molar-refractivity contribution in [2.45, 2.75) is 168 Å². The molecule has 2 atom stereocenters. The van der Waals surface area contributed by atoms with Gasteiger partial charge < -0.3 is 20.4 Å². The Morgan fingerprint density at radius 3 is 1.73 bits per heavy atom. The standard InChI is InChI=1S/C49H72N6O2.CH2O3.CH4.Co/c1-38-32-39(2)48(56)42(33-38)36-50-44-20-9-10-21-45(44)51-37-43-35-40(18-6-3-12-24-52-28-16-29-53-25-13-4-7-22-46(52)53)34-41(49(43)57)19-11-15-27-55-31-17-30-54-26-14-5-8-23-47(54)55;2-1(3)4;;/h32-37,44-45H,3-31H2,1-2H3;(H2,2,3,4);1H4;/p+2. The van der Waals surface area contributed by atoms with Gasteiger partial charge in [-0.2, -0.15) is 0 Å². The zero-order valence-corrected chi connectivity index (χ0v) is 38.9. The number of benzene rings is 2. The molecule has 1 saturated carbocycles. The molecular formula is C51H80CoN6O5+2. The number of phenolic OH excluding ortho intramolecular Hbond substituents is 2. The van der Waals surface area contributed by atoms with Crippen LogP contribution in [0, 0.1) is 13.8 Å². The van der Waals surface area contributed by atoms with Crippen LogP contribution in [0.5, 0.6) is 11.5 Å². The first kappa shape index (κ1) is 51.7. The molecular weight excluding hydrogens is 836 g/mol. The van der Waals surface area contributed by atoms with Gasteiger partial charge in [-0.3, -0.25) is 28.9 Å². The zero-order valence-electron chi connectivity index (χ0n) is 37.8. The smallest absolute Gasteiger partial charge is 0.503 e. The van der Waals surface area contributed by atoms with Crippen LogP contribution in [0.25, 0.3) is 0 Å². The first-order valence-corrected chi connectivity index (χ1v) is 24.0. The van der Waals surface area contributed by atoms with E-state index in [0.717, 1.165) is 85.7 Å². The molecule has 351 valence electrons. The molecule has 12 heteroatoms. The number of unbranched alkanes of at least 4 members (excludes halogenated alkanes) is 3. The first-order valence-electron chi connectivity index (χ1n) is 24.0. The number of carbonyl (C=O) groups is 1. The quantitative estimate of drug-likeness (QED) is 0.0794. The number of amidine groups is 2. The molecule has 2 unspecified atom stereocenters. The average molecular weight is 916 g/mol. The number of aryl methyl sites for hydroxylation is 4. The van der Waals surface area contributed by atoms with Crippen molar-refractivity contribution in [3.8, 4) is 11.5 Å². The molecule has 0 amide bonds. The monoisotopic (exact) mass is 916 g/mol. The maximum atomic E-state index is 11.8. The third-order valence-corrected chi connectivity index (χ3v) is 13.6. The molecule has 2 aromatic carbocycles. The summed E-state index contributed by atoms with van der Waals surface area (Å²) in [7, 11) is 0. The van der Waals surface area contributed by atoms with E-state index in [9.17, 15) is 10.2 Å². The van der Waals surface area contributed by atoms with Crippen LogP contribution in [0.4, 0.5) is 4.79 Å². The molecule has 0 bridgehead atoms. The molecule has 5 aliphatic rings. The van der Waals surface area contributed by atoms with E-state index >= 15 is 0 Å². The van der Waals surface area contributed by atoms with Gasteiger partial charge in [0.2, 0.25) is 11.7 Å².